The van der Waals surface area contributed by atoms with Crippen LogP contribution in [0.2, 0.25) is 0 Å². The van der Waals surface area contributed by atoms with Gasteiger partial charge in [0.1, 0.15) is 11.8 Å². The van der Waals surface area contributed by atoms with Gasteiger partial charge in [-0.1, -0.05) is 36.4 Å². The van der Waals surface area contributed by atoms with E-state index < -0.39 is 0 Å². The molecule has 0 unspecified atom stereocenters. The number of benzene rings is 1. The zero-order chi connectivity index (χ0) is 14.6. The molecule has 0 N–H and O–H groups in total. The molecule has 1 aromatic carbocycles. The second-order valence-corrected chi connectivity index (χ2v) is 4.19. The highest BCUT2D eigenvalue weighted by atomic mass is 35.5. The predicted molar refractivity (Wildman–Crippen MR) is 88.8 cm³/mol. The lowest BCUT2D eigenvalue weighted by molar-refractivity contribution is 0.340. The molecule has 0 heterocycles. The number of halogens is 1. The molecular weight excluding hydrogens is 270 g/mol. The first kappa shape index (κ1) is 16.3. The maximum Gasteiger partial charge on any atom is 0.119 e. The van der Waals surface area contributed by atoms with Crippen LogP contribution in [0.1, 0.15) is 19.4 Å². The average Bonchev–Trinajstić information content (AvgIpc) is 2.47. The van der Waals surface area contributed by atoms with Gasteiger partial charge in [0.05, 0.1) is 6.61 Å². The number of nitrogens with zero attached hydrogens (tertiary/aromatic N) is 1. The van der Waals surface area contributed by atoms with Crippen molar-refractivity contribution in [1.82, 2.24) is 0 Å². The lowest BCUT2D eigenvalue weighted by atomic mass is 10.1. The number of alkyl halides is 1. The molecule has 106 valence electrons. The Labute approximate surface area is 126 Å². The number of hydrogen-bond acceptors (Lipinski definition) is 2. The number of aliphatic imine (C=N–C) groups is 1. The van der Waals surface area contributed by atoms with Crippen LogP contribution in [0, 0.1) is 0 Å². The number of rotatable bonds is 7. The quantitative estimate of drug-likeness (QED) is 0.304. The van der Waals surface area contributed by atoms with Crippen molar-refractivity contribution in [2.24, 2.45) is 4.99 Å². The molecule has 2 nitrogen and oxygen atoms in total. The minimum absolute atomic E-state index is 0.280. The summed E-state index contributed by atoms with van der Waals surface area (Å²) in [6.45, 7) is 4.64. The van der Waals surface area contributed by atoms with Crippen molar-refractivity contribution in [3.63, 3.8) is 0 Å². The van der Waals surface area contributed by atoms with Crippen LogP contribution in [0.4, 0.5) is 0 Å². The molecule has 0 bridgehead atoms. The second kappa shape index (κ2) is 10.0. The average molecular weight is 290 g/mol. The Hall–Kier alpha value is -1.80. The molecule has 0 atom stereocenters. The van der Waals surface area contributed by atoms with Crippen molar-refractivity contribution in [2.45, 2.75) is 13.8 Å². The predicted octanol–water partition coefficient (Wildman–Crippen LogP) is 4.87. The molecule has 0 fully saturated rings. The SMILES string of the molecule is CC=CC(C=Cc1ccc(OCC)cc1)=CC=NCCl. The summed E-state index contributed by atoms with van der Waals surface area (Å²) in [5.74, 6) is 0.892. The fourth-order valence-electron chi connectivity index (χ4n) is 1.57. The molecular formula is C17H20ClNO. The Balaban J connectivity index is 2.76. The highest BCUT2D eigenvalue weighted by Crippen LogP contribution is 2.14. The van der Waals surface area contributed by atoms with Crippen molar-refractivity contribution in [2.75, 3.05) is 12.6 Å². The van der Waals surface area contributed by atoms with E-state index in [1.807, 2.05) is 62.4 Å². The third kappa shape index (κ3) is 6.39. The molecule has 0 aliphatic carbocycles. The highest BCUT2D eigenvalue weighted by Gasteiger charge is 1.91. The summed E-state index contributed by atoms with van der Waals surface area (Å²) in [4.78, 5) is 3.96. The molecule has 1 aromatic rings. The van der Waals surface area contributed by atoms with Crippen LogP contribution < -0.4 is 4.74 Å². The molecule has 0 aliphatic rings. The normalized spacial score (nSPS) is 12.8. The zero-order valence-corrected chi connectivity index (χ0v) is 12.7. The van der Waals surface area contributed by atoms with Gasteiger partial charge in [0, 0.05) is 6.21 Å². The lowest BCUT2D eigenvalue weighted by Gasteiger charge is -2.02. The monoisotopic (exact) mass is 289 g/mol. The molecule has 0 radical (unpaired) electrons. The summed E-state index contributed by atoms with van der Waals surface area (Å²) in [6.07, 6.45) is 11.7. The molecule has 0 saturated heterocycles. The summed E-state index contributed by atoms with van der Waals surface area (Å²) in [6, 6.07) is 8.28. The fraction of sp³-hybridized carbons (Fsp3) is 0.235. The van der Waals surface area contributed by atoms with Crippen LogP contribution in [-0.2, 0) is 0 Å². The molecule has 0 aliphatic heterocycles. The van der Waals surface area contributed by atoms with Gasteiger partial charge in [-0.15, -0.1) is 11.6 Å². The molecule has 0 saturated carbocycles. The largest absolute Gasteiger partial charge is 0.494 e. The van der Waals surface area contributed by atoms with Gasteiger partial charge in [-0.05, 0) is 43.2 Å². The van der Waals surface area contributed by atoms with Crippen LogP contribution >= 0.6 is 11.6 Å². The maximum atomic E-state index is 5.50. The third-order valence-electron chi connectivity index (χ3n) is 2.46. The van der Waals surface area contributed by atoms with Crippen LogP contribution in [0.15, 0.2) is 59.1 Å². The molecule has 3 heteroatoms. The Morgan fingerprint density at radius 2 is 2.00 bits per heavy atom. The van der Waals surface area contributed by atoms with Crippen LogP contribution in [-0.4, -0.2) is 18.8 Å². The maximum absolute atomic E-state index is 5.50. The van der Waals surface area contributed by atoms with Crippen LogP contribution in [0.25, 0.3) is 6.08 Å². The first-order chi connectivity index (χ1) is 9.80. The fourth-order valence-corrected chi connectivity index (χ4v) is 1.65. The van der Waals surface area contributed by atoms with E-state index in [-0.39, 0.29) is 6.00 Å². The Bertz CT molecular complexity index is 498. The molecule has 0 aromatic heterocycles. The van der Waals surface area contributed by atoms with Gasteiger partial charge in [0.15, 0.2) is 0 Å². The van der Waals surface area contributed by atoms with Crippen molar-refractivity contribution < 1.29 is 4.74 Å². The number of allylic oxidation sites excluding steroid dienone is 5. The number of ether oxygens (including phenoxy) is 1. The topological polar surface area (TPSA) is 21.6 Å². The van der Waals surface area contributed by atoms with E-state index in [4.69, 9.17) is 16.3 Å². The van der Waals surface area contributed by atoms with E-state index in [0.717, 1.165) is 16.9 Å². The standard InChI is InChI=1S/C17H20ClNO/c1-3-5-15(12-13-19-14-18)6-7-16-8-10-17(11-9-16)20-4-2/h3,5-13H,4,14H2,1-2H3. The van der Waals surface area contributed by atoms with E-state index in [0.29, 0.717) is 6.61 Å². The van der Waals surface area contributed by atoms with E-state index >= 15 is 0 Å². The molecule has 1 rings (SSSR count). The summed E-state index contributed by atoms with van der Waals surface area (Å²) in [7, 11) is 0. The number of hydrogen-bond donors (Lipinski definition) is 0. The van der Waals surface area contributed by atoms with E-state index in [1.54, 1.807) is 6.21 Å². The van der Waals surface area contributed by atoms with Gasteiger partial charge < -0.3 is 4.74 Å². The van der Waals surface area contributed by atoms with Crippen LogP contribution in [0.3, 0.4) is 0 Å². The van der Waals surface area contributed by atoms with E-state index in [9.17, 15) is 0 Å². The second-order valence-electron chi connectivity index (χ2n) is 3.95. The zero-order valence-electron chi connectivity index (χ0n) is 11.9. The summed E-state index contributed by atoms with van der Waals surface area (Å²) < 4.78 is 5.41. The highest BCUT2D eigenvalue weighted by molar-refractivity contribution is 6.18. The van der Waals surface area contributed by atoms with Gasteiger partial charge in [-0.25, -0.2) is 0 Å². The van der Waals surface area contributed by atoms with Gasteiger partial charge in [0.2, 0.25) is 0 Å². The van der Waals surface area contributed by atoms with E-state index in [1.165, 1.54) is 0 Å². The van der Waals surface area contributed by atoms with Crippen molar-refractivity contribution >= 4 is 23.9 Å². The summed E-state index contributed by atoms with van der Waals surface area (Å²) >= 11 is 5.50. The Morgan fingerprint density at radius 1 is 1.25 bits per heavy atom. The summed E-state index contributed by atoms with van der Waals surface area (Å²) in [5, 5.41) is 0. The summed E-state index contributed by atoms with van der Waals surface area (Å²) in [5.41, 5.74) is 2.19. The molecule has 0 amide bonds. The molecule has 0 spiro atoms. The molecule has 20 heavy (non-hydrogen) atoms. The Morgan fingerprint density at radius 3 is 2.60 bits per heavy atom. The van der Waals surface area contributed by atoms with Gasteiger partial charge >= 0.3 is 0 Å². The first-order valence-corrected chi connectivity index (χ1v) is 7.13. The van der Waals surface area contributed by atoms with Crippen molar-refractivity contribution in [3.8, 4) is 5.75 Å². The van der Waals surface area contributed by atoms with Gasteiger partial charge in [-0.2, -0.15) is 0 Å². The van der Waals surface area contributed by atoms with Gasteiger partial charge in [0.25, 0.3) is 0 Å². The Kier molecular flexibility index (Phi) is 8.16. The smallest absolute Gasteiger partial charge is 0.119 e. The van der Waals surface area contributed by atoms with Crippen molar-refractivity contribution in [1.29, 1.82) is 0 Å². The first-order valence-electron chi connectivity index (χ1n) is 6.60. The van der Waals surface area contributed by atoms with Crippen molar-refractivity contribution in [3.05, 3.63) is 59.7 Å². The van der Waals surface area contributed by atoms with Crippen LogP contribution in [0.5, 0.6) is 5.75 Å². The van der Waals surface area contributed by atoms with E-state index in [2.05, 4.69) is 11.1 Å². The lowest BCUT2D eigenvalue weighted by Crippen LogP contribution is -1.90. The minimum atomic E-state index is 0.280. The third-order valence-corrected chi connectivity index (χ3v) is 2.60. The van der Waals surface area contributed by atoms with Gasteiger partial charge in [-0.3, -0.25) is 4.99 Å². The minimum Gasteiger partial charge on any atom is -0.494 e.